The average molecular weight is 320 g/mol. The number of thiazole rings is 1. The van der Waals surface area contributed by atoms with E-state index in [-0.39, 0.29) is 36.6 Å². The van der Waals surface area contributed by atoms with E-state index in [4.69, 9.17) is 4.74 Å². The van der Waals surface area contributed by atoms with Crippen molar-refractivity contribution in [2.75, 3.05) is 25.0 Å². The number of carbonyl (C=O) groups is 2. The molecule has 0 radical (unpaired) electrons. The van der Waals surface area contributed by atoms with E-state index in [1.54, 1.807) is 12.3 Å². The minimum atomic E-state index is -0.300. The lowest BCUT2D eigenvalue weighted by Crippen LogP contribution is -2.24. The van der Waals surface area contributed by atoms with Gasteiger partial charge in [-0.3, -0.25) is 9.59 Å². The standard InChI is InChI=1S/C12H17N3O3S.ClH/c1-2-18-10(16)5-9-7-19-12(14-9)15-11(17)8-3-4-13-6-8;/h7-8,13H,2-6H2,1H3,(H,14,15,17);1H. The fourth-order valence-corrected chi connectivity index (χ4v) is 2.60. The Hall–Kier alpha value is -1.18. The Labute approximate surface area is 127 Å². The molecule has 1 aromatic heterocycles. The predicted molar refractivity (Wildman–Crippen MR) is 79.3 cm³/mol. The maximum Gasteiger partial charge on any atom is 0.311 e. The van der Waals surface area contributed by atoms with Crippen molar-refractivity contribution in [2.24, 2.45) is 5.92 Å². The lowest BCUT2D eigenvalue weighted by atomic mass is 10.1. The van der Waals surface area contributed by atoms with Gasteiger partial charge in [0.2, 0.25) is 5.91 Å². The third-order valence-electron chi connectivity index (χ3n) is 2.84. The monoisotopic (exact) mass is 319 g/mol. The second-order valence-electron chi connectivity index (χ2n) is 4.30. The molecule has 20 heavy (non-hydrogen) atoms. The molecule has 0 saturated carbocycles. The number of halogens is 1. The van der Waals surface area contributed by atoms with Gasteiger partial charge in [-0.15, -0.1) is 23.7 Å². The van der Waals surface area contributed by atoms with Gasteiger partial charge in [-0.25, -0.2) is 4.98 Å². The molecule has 1 aromatic rings. The highest BCUT2D eigenvalue weighted by molar-refractivity contribution is 7.13. The largest absolute Gasteiger partial charge is 0.466 e. The van der Waals surface area contributed by atoms with E-state index < -0.39 is 0 Å². The van der Waals surface area contributed by atoms with Gasteiger partial charge in [0.25, 0.3) is 0 Å². The van der Waals surface area contributed by atoms with Crippen LogP contribution in [0.15, 0.2) is 5.38 Å². The minimum absolute atomic E-state index is 0. The second kappa shape index (κ2) is 8.18. The summed E-state index contributed by atoms with van der Waals surface area (Å²) < 4.78 is 4.85. The van der Waals surface area contributed by atoms with Gasteiger partial charge in [0.15, 0.2) is 5.13 Å². The molecule has 1 fully saturated rings. The zero-order valence-corrected chi connectivity index (χ0v) is 12.8. The van der Waals surface area contributed by atoms with Gasteiger partial charge in [-0.1, -0.05) is 0 Å². The molecule has 1 aliphatic rings. The van der Waals surface area contributed by atoms with Crippen molar-refractivity contribution in [3.8, 4) is 0 Å². The van der Waals surface area contributed by atoms with Crippen LogP contribution in [-0.2, 0) is 20.7 Å². The smallest absolute Gasteiger partial charge is 0.311 e. The maximum atomic E-state index is 11.9. The molecule has 2 N–H and O–H groups in total. The van der Waals surface area contributed by atoms with Crippen molar-refractivity contribution < 1.29 is 14.3 Å². The van der Waals surface area contributed by atoms with E-state index in [1.807, 2.05) is 0 Å². The fraction of sp³-hybridized carbons (Fsp3) is 0.583. The molecule has 1 unspecified atom stereocenters. The van der Waals surface area contributed by atoms with Crippen LogP contribution < -0.4 is 10.6 Å². The molecular formula is C12H18ClN3O3S. The molecule has 2 heterocycles. The number of anilines is 1. The number of amides is 1. The molecule has 6 nitrogen and oxygen atoms in total. The van der Waals surface area contributed by atoms with Crippen LogP contribution >= 0.6 is 23.7 Å². The Balaban J connectivity index is 0.00000200. The number of nitrogens with zero attached hydrogens (tertiary/aromatic N) is 1. The molecule has 1 saturated heterocycles. The third-order valence-corrected chi connectivity index (χ3v) is 3.65. The van der Waals surface area contributed by atoms with E-state index in [9.17, 15) is 9.59 Å². The fourth-order valence-electron chi connectivity index (χ4n) is 1.89. The summed E-state index contributed by atoms with van der Waals surface area (Å²) in [6, 6.07) is 0. The normalized spacial score (nSPS) is 17.4. The van der Waals surface area contributed by atoms with Gasteiger partial charge in [-0.2, -0.15) is 0 Å². The summed E-state index contributed by atoms with van der Waals surface area (Å²) in [5.74, 6) is -0.301. The van der Waals surface area contributed by atoms with E-state index in [2.05, 4.69) is 15.6 Å². The number of ether oxygens (including phenoxy) is 1. The molecule has 0 bridgehead atoms. The summed E-state index contributed by atoms with van der Waals surface area (Å²) in [5, 5.41) is 8.23. The van der Waals surface area contributed by atoms with Crippen LogP contribution in [0.2, 0.25) is 0 Å². The van der Waals surface area contributed by atoms with Gasteiger partial charge in [0, 0.05) is 11.9 Å². The number of esters is 1. The van der Waals surface area contributed by atoms with Crippen molar-refractivity contribution in [3.63, 3.8) is 0 Å². The first-order valence-electron chi connectivity index (χ1n) is 6.30. The topological polar surface area (TPSA) is 80.3 Å². The van der Waals surface area contributed by atoms with Crippen LogP contribution in [0.5, 0.6) is 0 Å². The first-order chi connectivity index (χ1) is 9.19. The SMILES string of the molecule is CCOC(=O)Cc1csc(NC(=O)C2CCNC2)n1.Cl. The Bertz CT molecular complexity index is 461. The third kappa shape index (κ3) is 4.73. The summed E-state index contributed by atoms with van der Waals surface area (Å²) in [4.78, 5) is 27.4. The first kappa shape index (κ1) is 16.9. The molecular weight excluding hydrogens is 302 g/mol. The van der Waals surface area contributed by atoms with Crippen LogP contribution in [0.25, 0.3) is 0 Å². The van der Waals surface area contributed by atoms with Crippen LogP contribution in [0.1, 0.15) is 19.0 Å². The van der Waals surface area contributed by atoms with Crippen LogP contribution in [0.3, 0.4) is 0 Å². The van der Waals surface area contributed by atoms with Gasteiger partial charge in [0.1, 0.15) is 0 Å². The highest BCUT2D eigenvalue weighted by Gasteiger charge is 2.23. The number of aromatic nitrogens is 1. The number of hydrogen-bond donors (Lipinski definition) is 2. The molecule has 8 heteroatoms. The van der Waals surface area contributed by atoms with Crippen LogP contribution in [-0.4, -0.2) is 36.6 Å². The first-order valence-corrected chi connectivity index (χ1v) is 7.18. The molecule has 1 aliphatic heterocycles. The van der Waals surface area contributed by atoms with Crippen LogP contribution in [0, 0.1) is 5.92 Å². The molecule has 1 amide bonds. The van der Waals surface area contributed by atoms with Crippen molar-refractivity contribution >= 4 is 40.8 Å². The summed E-state index contributed by atoms with van der Waals surface area (Å²) in [6.45, 7) is 3.72. The lowest BCUT2D eigenvalue weighted by Gasteiger charge is -2.06. The molecule has 0 aromatic carbocycles. The predicted octanol–water partition coefficient (Wildman–Crippen LogP) is 1.22. The molecule has 0 spiro atoms. The van der Waals surface area contributed by atoms with Crippen molar-refractivity contribution in [3.05, 3.63) is 11.1 Å². The Morgan fingerprint density at radius 3 is 3.05 bits per heavy atom. The molecule has 2 rings (SSSR count). The number of carbonyl (C=O) groups excluding carboxylic acids is 2. The summed E-state index contributed by atoms with van der Waals surface area (Å²) in [7, 11) is 0. The number of nitrogens with one attached hydrogen (secondary N) is 2. The highest BCUT2D eigenvalue weighted by Crippen LogP contribution is 2.18. The summed E-state index contributed by atoms with van der Waals surface area (Å²) in [5.41, 5.74) is 0.628. The highest BCUT2D eigenvalue weighted by atomic mass is 35.5. The molecule has 0 aliphatic carbocycles. The lowest BCUT2D eigenvalue weighted by molar-refractivity contribution is -0.142. The van der Waals surface area contributed by atoms with E-state index in [0.29, 0.717) is 24.0 Å². The minimum Gasteiger partial charge on any atom is -0.466 e. The van der Waals surface area contributed by atoms with Crippen molar-refractivity contribution in [1.29, 1.82) is 0 Å². The molecule has 112 valence electrons. The van der Waals surface area contributed by atoms with E-state index in [0.717, 1.165) is 13.0 Å². The Morgan fingerprint density at radius 2 is 2.40 bits per heavy atom. The van der Waals surface area contributed by atoms with Gasteiger partial charge >= 0.3 is 5.97 Å². The van der Waals surface area contributed by atoms with Gasteiger partial charge in [0.05, 0.1) is 24.6 Å². The summed E-state index contributed by atoms with van der Waals surface area (Å²) in [6.07, 6.45) is 0.998. The maximum absolute atomic E-state index is 11.9. The van der Waals surface area contributed by atoms with Crippen molar-refractivity contribution in [1.82, 2.24) is 10.3 Å². The van der Waals surface area contributed by atoms with E-state index in [1.165, 1.54) is 11.3 Å². The zero-order valence-electron chi connectivity index (χ0n) is 11.2. The number of rotatable bonds is 5. The number of hydrogen-bond acceptors (Lipinski definition) is 6. The van der Waals surface area contributed by atoms with Crippen LogP contribution in [0.4, 0.5) is 5.13 Å². The summed E-state index contributed by atoms with van der Waals surface area (Å²) >= 11 is 1.33. The Kier molecular flexibility index (Phi) is 6.90. The van der Waals surface area contributed by atoms with Crippen molar-refractivity contribution in [2.45, 2.75) is 19.8 Å². The van der Waals surface area contributed by atoms with Gasteiger partial charge < -0.3 is 15.4 Å². The van der Waals surface area contributed by atoms with E-state index >= 15 is 0 Å². The second-order valence-corrected chi connectivity index (χ2v) is 5.16. The molecule has 1 atom stereocenters. The van der Waals surface area contributed by atoms with Gasteiger partial charge in [-0.05, 0) is 19.9 Å². The zero-order chi connectivity index (χ0) is 13.7. The quantitative estimate of drug-likeness (QED) is 0.798. The average Bonchev–Trinajstić information content (AvgIpc) is 3.00. The Morgan fingerprint density at radius 1 is 1.60 bits per heavy atom.